The molecule has 122 valence electrons. The summed E-state index contributed by atoms with van der Waals surface area (Å²) >= 11 is 6.77. The molecule has 0 aromatic heterocycles. The largest absolute Gasteiger partial charge is 0.461 e. The zero-order valence-electron chi connectivity index (χ0n) is 12.4. The van der Waals surface area contributed by atoms with Crippen molar-refractivity contribution in [2.24, 2.45) is 11.8 Å². The van der Waals surface area contributed by atoms with E-state index in [0.29, 0.717) is 18.5 Å². The Kier molecular flexibility index (Phi) is 6.59. The number of benzene rings is 1. The molecule has 1 amide bonds. The van der Waals surface area contributed by atoms with E-state index < -0.39 is 11.8 Å². The first-order valence-corrected chi connectivity index (χ1v) is 8.79. The van der Waals surface area contributed by atoms with E-state index in [4.69, 9.17) is 4.74 Å². The first-order valence-electron chi connectivity index (χ1n) is 7.20. The summed E-state index contributed by atoms with van der Waals surface area (Å²) in [6.07, 6.45) is 6.40. The van der Waals surface area contributed by atoms with Gasteiger partial charge in [-0.1, -0.05) is 56.7 Å². The van der Waals surface area contributed by atoms with Gasteiger partial charge in [0.05, 0.1) is 11.8 Å². The third-order valence-electron chi connectivity index (χ3n) is 3.55. The van der Waals surface area contributed by atoms with Gasteiger partial charge in [-0.3, -0.25) is 9.59 Å². The third-order valence-corrected chi connectivity index (χ3v) is 4.46. The van der Waals surface area contributed by atoms with E-state index in [0.717, 1.165) is 8.95 Å². The van der Waals surface area contributed by atoms with Crippen molar-refractivity contribution in [1.82, 2.24) is 0 Å². The number of nitrogens with one attached hydrogen (secondary N) is 1. The summed E-state index contributed by atoms with van der Waals surface area (Å²) in [5.41, 5.74) is 0.670. The summed E-state index contributed by atoms with van der Waals surface area (Å²) in [7, 11) is 0. The van der Waals surface area contributed by atoms with Crippen molar-refractivity contribution in [2.75, 3.05) is 11.9 Å². The van der Waals surface area contributed by atoms with Gasteiger partial charge in [-0.25, -0.2) is 0 Å². The molecule has 0 unspecified atom stereocenters. The predicted molar refractivity (Wildman–Crippen MR) is 97.0 cm³/mol. The molecule has 0 heterocycles. The predicted octanol–water partition coefficient (Wildman–Crippen LogP) is 4.46. The van der Waals surface area contributed by atoms with Crippen LogP contribution < -0.4 is 5.32 Å². The number of hydrogen-bond donors (Lipinski definition) is 1. The average Bonchev–Trinajstić information content (AvgIpc) is 2.51. The van der Waals surface area contributed by atoms with Crippen LogP contribution in [0.4, 0.5) is 5.69 Å². The van der Waals surface area contributed by atoms with Gasteiger partial charge in [0.25, 0.3) is 0 Å². The Balaban J connectivity index is 2.10. The van der Waals surface area contributed by atoms with Crippen molar-refractivity contribution in [1.29, 1.82) is 0 Å². The number of esters is 1. The van der Waals surface area contributed by atoms with Crippen LogP contribution in [0.1, 0.15) is 12.8 Å². The SMILES string of the molecule is C=CCOC(=O)[C@H]1CC=CC[C@H]1C(=O)Nc1cc(Br)cc(Br)c1. The number of amides is 1. The number of hydrogen-bond acceptors (Lipinski definition) is 3. The second-order valence-corrected chi connectivity index (χ2v) is 7.05. The van der Waals surface area contributed by atoms with E-state index in [1.807, 2.05) is 30.4 Å². The van der Waals surface area contributed by atoms with E-state index in [1.54, 1.807) is 0 Å². The van der Waals surface area contributed by atoms with Crippen LogP contribution in [0, 0.1) is 11.8 Å². The van der Waals surface area contributed by atoms with Gasteiger partial charge in [-0.05, 0) is 31.0 Å². The highest BCUT2D eigenvalue weighted by Crippen LogP contribution is 2.29. The molecule has 2 atom stereocenters. The molecule has 0 saturated carbocycles. The van der Waals surface area contributed by atoms with E-state index >= 15 is 0 Å². The number of rotatable bonds is 5. The fraction of sp³-hybridized carbons (Fsp3) is 0.294. The lowest BCUT2D eigenvalue weighted by Gasteiger charge is -2.26. The summed E-state index contributed by atoms with van der Waals surface area (Å²) in [5, 5.41) is 2.87. The maximum Gasteiger partial charge on any atom is 0.310 e. The van der Waals surface area contributed by atoms with E-state index in [2.05, 4.69) is 43.8 Å². The van der Waals surface area contributed by atoms with Crippen LogP contribution in [0.2, 0.25) is 0 Å². The lowest BCUT2D eigenvalue weighted by molar-refractivity contribution is -0.151. The average molecular weight is 443 g/mol. The number of carbonyl (C=O) groups is 2. The molecule has 6 heteroatoms. The molecule has 4 nitrogen and oxygen atoms in total. The van der Waals surface area contributed by atoms with Gasteiger partial charge < -0.3 is 10.1 Å². The summed E-state index contributed by atoms with van der Waals surface area (Å²) in [6, 6.07) is 5.51. The smallest absolute Gasteiger partial charge is 0.310 e. The Morgan fingerprint density at radius 1 is 1.17 bits per heavy atom. The highest BCUT2D eigenvalue weighted by Gasteiger charge is 2.35. The molecule has 1 aromatic rings. The number of ether oxygens (including phenoxy) is 1. The van der Waals surface area contributed by atoms with Crippen LogP contribution in [0.25, 0.3) is 0 Å². The van der Waals surface area contributed by atoms with E-state index in [-0.39, 0.29) is 18.5 Å². The molecular formula is C17H17Br2NO3. The van der Waals surface area contributed by atoms with Gasteiger partial charge in [0.1, 0.15) is 6.61 Å². The van der Waals surface area contributed by atoms with Crippen molar-refractivity contribution >= 4 is 49.4 Å². The maximum absolute atomic E-state index is 12.6. The quantitative estimate of drug-likeness (QED) is 0.540. The van der Waals surface area contributed by atoms with Gasteiger partial charge in [0, 0.05) is 14.6 Å². The third kappa shape index (κ3) is 5.04. The van der Waals surface area contributed by atoms with Crippen LogP contribution in [0.5, 0.6) is 0 Å². The van der Waals surface area contributed by atoms with Gasteiger partial charge in [-0.15, -0.1) is 0 Å². The van der Waals surface area contributed by atoms with Crippen LogP contribution >= 0.6 is 31.9 Å². The van der Waals surface area contributed by atoms with Crippen LogP contribution in [-0.2, 0) is 14.3 Å². The first-order chi connectivity index (χ1) is 11.0. The second kappa shape index (κ2) is 8.45. The van der Waals surface area contributed by atoms with E-state index in [9.17, 15) is 9.59 Å². The summed E-state index contributed by atoms with van der Waals surface area (Å²) in [6.45, 7) is 3.68. The standard InChI is InChI=1S/C17H17Br2NO3/c1-2-7-23-17(22)15-6-4-3-5-14(15)16(21)20-13-9-11(18)8-12(19)10-13/h2-4,8-10,14-15H,1,5-7H2,(H,20,21)/t14-,15+/m1/s1. The molecule has 23 heavy (non-hydrogen) atoms. The van der Waals surface area contributed by atoms with Crippen molar-refractivity contribution in [3.05, 3.63) is 52.0 Å². The molecular weight excluding hydrogens is 426 g/mol. The Bertz CT molecular complexity index is 622. The van der Waals surface area contributed by atoms with Crippen LogP contribution in [-0.4, -0.2) is 18.5 Å². The number of allylic oxidation sites excluding steroid dienone is 2. The Hall–Kier alpha value is -1.40. The molecule has 0 radical (unpaired) electrons. The van der Waals surface area contributed by atoms with Crippen molar-refractivity contribution in [3.63, 3.8) is 0 Å². The zero-order valence-corrected chi connectivity index (χ0v) is 15.6. The number of carbonyl (C=O) groups excluding carboxylic acids is 2. The summed E-state index contributed by atoms with van der Waals surface area (Å²) in [5.74, 6) is -1.43. The first kappa shape index (κ1) is 17.9. The fourth-order valence-electron chi connectivity index (χ4n) is 2.47. The molecule has 1 aliphatic rings. The highest BCUT2D eigenvalue weighted by molar-refractivity contribution is 9.11. The molecule has 0 aliphatic heterocycles. The Morgan fingerprint density at radius 3 is 2.39 bits per heavy atom. The van der Waals surface area contributed by atoms with Gasteiger partial charge in [0.2, 0.25) is 5.91 Å². The number of halogens is 2. The fourth-order valence-corrected chi connectivity index (χ4v) is 3.77. The summed E-state index contributed by atoms with van der Waals surface area (Å²) in [4.78, 5) is 24.7. The summed E-state index contributed by atoms with van der Waals surface area (Å²) < 4.78 is 6.82. The van der Waals surface area contributed by atoms with Crippen LogP contribution in [0.15, 0.2) is 52.0 Å². The monoisotopic (exact) mass is 441 g/mol. The Labute approximate surface area is 152 Å². The molecule has 2 rings (SSSR count). The number of anilines is 1. The van der Waals surface area contributed by atoms with Crippen LogP contribution in [0.3, 0.4) is 0 Å². The minimum Gasteiger partial charge on any atom is -0.461 e. The molecule has 1 aliphatic carbocycles. The van der Waals surface area contributed by atoms with Gasteiger partial charge in [0.15, 0.2) is 0 Å². The van der Waals surface area contributed by atoms with Crippen molar-refractivity contribution < 1.29 is 14.3 Å². The molecule has 0 saturated heterocycles. The van der Waals surface area contributed by atoms with Crippen molar-refractivity contribution in [3.8, 4) is 0 Å². The highest BCUT2D eigenvalue weighted by atomic mass is 79.9. The van der Waals surface area contributed by atoms with Crippen molar-refractivity contribution in [2.45, 2.75) is 12.8 Å². The zero-order chi connectivity index (χ0) is 16.8. The Morgan fingerprint density at radius 2 is 1.78 bits per heavy atom. The minimum absolute atomic E-state index is 0.159. The van der Waals surface area contributed by atoms with Gasteiger partial charge in [-0.2, -0.15) is 0 Å². The lowest BCUT2D eigenvalue weighted by Crippen LogP contribution is -2.35. The molecule has 0 fully saturated rings. The van der Waals surface area contributed by atoms with Gasteiger partial charge >= 0.3 is 5.97 Å². The van der Waals surface area contributed by atoms with E-state index in [1.165, 1.54) is 6.08 Å². The maximum atomic E-state index is 12.6. The topological polar surface area (TPSA) is 55.4 Å². The normalized spacial score (nSPS) is 19.9. The molecule has 1 aromatic carbocycles. The molecule has 0 bridgehead atoms. The second-order valence-electron chi connectivity index (χ2n) is 5.22. The minimum atomic E-state index is -0.462. The molecule has 1 N–H and O–H groups in total. The molecule has 0 spiro atoms. The lowest BCUT2D eigenvalue weighted by atomic mass is 9.82.